The second kappa shape index (κ2) is 9.71. The fourth-order valence-electron chi connectivity index (χ4n) is 2.98. The summed E-state index contributed by atoms with van der Waals surface area (Å²) in [5, 5.41) is 18.8. The SMILES string of the molecule is CC1=C(C(=O)OC/C=C/C(=O)Nc2ccccc2)C(c2cccc(O)c2)NC(=S)N1. The highest BCUT2D eigenvalue weighted by molar-refractivity contribution is 7.80. The number of nitrogens with one attached hydrogen (secondary N) is 3. The van der Waals surface area contributed by atoms with E-state index in [4.69, 9.17) is 17.0 Å². The number of para-hydroxylation sites is 1. The highest BCUT2D eigenvalue weighted by atomic mass is 32.1. The number of anilines is 1. The van der Waals surface area contributed by atoms with Gasteiger partial charge in [-0.3, -0.25) is 4.79 Å². The van der Waals surface area contributed by atoms with Crippen molar-refractivity contribution in [3.63, 3.8) is 0 Å². The molecule has 154 valence electrons. The fourth-order valence-corrected chi connectivity index (χ4v) is 3.25. The van der Waals surface area contributed by atoms with Crippen LogP contribution in [0, 0.1) is 0 Å². The van der Waals surface area contributed by atoms with E-state index in [1.54, 1.807) is 43.3 Å². The van der Waals surface area contributed by atoms with Gasteiger partial charge in [0, 0.05) is 17.5 Å². The third kappa shape index (κ3) is 5.45. The van der Waals surface area contributed by atoms with E-state index < -0.39 is 12.0 Å². The van der Waals surface area contributed by atoms with Crippen molar-refractivity contribution in [1.82, 2.24) is 10.6 Å². The molecule has 1 aliphatic rings. The Bertz CT molecular complexity index is 1020. The molecule has 0 saturated carbocycles. The van der Waals surface area contributed by atoms with Gasteiger partial charge in [-0.15, -0.1) is 0 Å². The molecule has 1 heterocycles. The van der Waals surface area contributed by atoms with Crippen LogP contribution < -0.4 is 16.0 Å². The molecule has 4 N–H and O–H groups in total. The molecule has 0 saturated heterocycles. The number of esters is 1. The molecule has 0 spiro atoms. The summed E-state index contributed by atoms with van der Waals surface area (Å²) in [6.45, 7) is 1.65. The van der Waals surface area contributed by atoms with Crippen molar-refractivity contribution in [2.45, 2.75) is 13.0 Å². The molecular weight excluding hydrogens is 402 g/mol. The normalized spacial score (nSPS) is 16.0. The molecule has 1 atom stereocenters. The highest BCUT2D eigenvalue weighted by Gasteiger charge is 2.31. The van der Waals surface area contributed by atoms with E-state index in [0.29, 0.717) is 27.6 Å². The molecule has 7 nitrogen and oxygen atoms in total. The van der Waals surface area contributed by atoms with E-state index in [1.807, 2.05) is 18.2 Å². The Labute approximate surface area is 179 Å². The van der Waals surface area contributed by atoms with Gasteiger partial charge in [0.25, 0.3) is 0 Å². The number of thiocarbonyl (C=S) groups is 1. The number of benzene rings is 2. The number of hydrogen-bond acceptors (Lipinski definition) is 5. The lowest BCUT2D eigenvalue weighted by molar-refractivity contribution is -0.138. The largest absolute Gasteiger partial charge is 0.508 e. The second-order valence-corrected chi connectivity index (χ2v) is 6.93. The Morgan fingerprint density at radius 1 is 1.20 bits per heavy atom. The number of carbonyl (C=O) groups excluding carboxylic acids is 2. The van der Waals surface area contributed by atoms with Crippen LogP contribution in [0.15, 0.2) is 78.0 Å². The molecule has 0 radical (unpaired) electrons. The predicted molar refractivity (Wildman–Crippen MR) is 118 cm³/mol. The minimum absolute atomic E-state index is 0.0744. The van der Waals surface area contributed by atoms with Crippen molar-refractivity contribution < 1.29 is 19.4 Å². The van der Waals surface area contributed by atoms with Crippen molar-refractivity contribution in [2.75, 3.05) is 11.9 Å². The summed E-state index contributed by atoms with van der Waals surface area (Å²) in [7, 11) is 0. The van der Waals surface area contributed by atoms with Crippen molar-refractivity contribution in [3.05, 3.63) is 83.6 Å². The minimum Gasteiger partial charge on any atom is -0.508 e. The number of carbonyl (C=O) groups is 2. The lowest BCUT2D eigenvalue weighted by Crippen LogP contribution is -2.45. The summed E-state index contributed by atoms with van der Waals surface area (Å²) in [5.41, 5.74) is 2.25. The standard InChI is InChI=1S/C22H21N3O4S/c1-14-19(20(25-22(30)23-14)15-7-5-10-17(26)13-15)21(28)29-12-6-11-18(27)24-16-8-3-2-4-9-16/h2-11,13,20,26H,12H2,1H3,(H,24,27)(H2,23,25,30)/b11-6+. The Balaban J connectivity index is 1.64. The van der Waals surface area contributed by atoms with Gasteiger partial charge in [-0.25, -0.2) is 4.79 Å². The van der Waals surface area contributed by atoms with Crippen molar-refractivity contribution in [3.8, 4) is 5.75 Å². The Hall–Kier alpha value is -3.65. The average Bonchev–Trinajstić information content (AvgIpc) is 2.71. The molecule has 0 aromatic heterocycles. The van der Waals surface area contributed by atoms with Gasteiger partial charge in [0.05, 0.1) is 11.6 Å². The van der Waals surface area contributed by atoms with Crippen LogP contribution in [0.3, 0.4) is 0 Å². The molecule has 8 heteroatoms. The first-order valence-electron chi connectivity index (χ1n) is 9.21. The summed E-state index contributed by atoms with van der Waals surface area (Å²) < 4.78 is 5.32. The molecule has 30 heavy (non-hydrogen) atoms. The topological polar surface area (TPSA) is 99.7 Å². The van der Waals surface area contributed by atoms with Gasteiger partial charge >= 0.3 is 5.97 Å². The number of rotatable bonds is 6. The third-order valence-corrected chi connectivity index (χ3v) is 4.53. The minimum atomic E-state index is -0.566. The summed E-state index contributed by atoms with van der Waals surface area (Å²) in [5.74, 6) is -0.801. The lowest BCUT2D eigenvalue weighted by Gasteiger charge is -2.29. The first-order valence-corrected chi connectivity index (χ1v) is 9.62. The highest BCUT2D eigenvalue weighted by Crippen LogP contribution is 2.29. The van der Waals surface area contributed by atoms with E-state index in [1.165, 1.54) is 12.2 Å². The van der Waals surface area contributed by atoms with Crippen molar-refractivity contribution in [1.29, 1.82) is 0 Å². The fraction of sp³-hybridized carbons (Fsp3) is 0.136. The van der Waals surface area contributed by atoms with Gasteiger partial charge in [-0.2, -0.15) is 0 Å². The van der Waals surface area contributed by atoms with Gasteiger partial charge in [0.2, 0.25) is 5.91 Å². The number of phenols is 1. The van der Waals surface area contributed by atoms with Crippen LogP contribution in [-0.4, -0.2) is 28.7 Å². The Morgan fingerprint density at radius 2 is 1.97 bits per heavy atom. The smallest absolute Gasteiger partial charge is 0.338 e. The maximum absolute atomic E-state index is 12.7. The maximum atomic E-state index is 12.7. The number of amides is 1. The van der Waals surface area contributed by atoms with E-state index in [2.05, 4.69) is 16.0 Å². The van der Waals surface area contributed by atoms with Gasteiger partial charge in [-0.1, -0.05) is 30.3 Å². The summed E-state index contributed by atoms with van der Waals surface area (Å²) in [4.78, 5) is 24.6. The molecule has 2 aromatic rings. The summed E-state index contributed by atoms with van der Waals surface area (Å²) >= 11 is 5.19. The molecule has 1 amide bonds. The molecule has 0 fully saturated rings. The molecular formula is C22H21N3O4S. The summed E-state index contributed by atoms with van der Waals surface area (Å²) in [6, 6.07) is 15.0. The zero-order valence-electron chi connectivity index (χ0n) is 16.2. The molecule has 1 aliphatic heterocycles. The van der Waals surface area contributed by atoms with Crippen LogP contribution >= 0.6 is 12.2 Å². The first kappa shape index (κ1) is 21.1. The molecule has 2 aromatic carbocycles. The van der Waals surface area contributed by atoms with Gasteiger partial charge in [0.15, 0.2) is 5.11 Å². The number of allylic oxidation sites excluding steroid dienone is 1. The van der Waals surface area contributed by atoms with E-state index >= 15 is 0 Å². The number of hydrogen-bond donors (Lipinski definition) is 4. The summed E-state index contributed by atoms with van der Waals surface area (Å²) in [6.07, 6.45) is 2.77. The van der Waals surface area contributed by atoms with Crippen molar-refractivity contribution in [2.24, 2.45) is 0 Å². The van der Waals surface area contributed by atoms with Gasteiger partial charge in [-0.05, 0) is 55.0 Å². The first-order chi connectivity index (χ1) is 14.4. The number of ether oxygens (including phenoxy) is 1. The maximum Gasteiger partial charge on any atom is 0.338 e. The van der Waals surface area contributed by atoms with Crippen LogP contribution in [0.5, 0.6) is 5.75 Å². The van der Waals surface area contributed by atoms with E-state index in [9.17, 15) is 14.7 Å². The second-order valence-electron chi connectivity index (χ2n) is 6.52. The van der Waals surface area contributed by atoms with Crippen LogP contribution in [0.4, 0.5) is 5.69 Å². The molecule has 1 unspecified atom stereocenters. The lowest BCUT2D eigenvalue weighted by atomic mass is 9.95. The third-order valence-electron chi connectivity index (χ3n) is 4.31. The van der Waals surface area contributed by atoms with Crippen LogP contribution in [-0.2, 0) is 14.3 Å². The zero-order valence-corrected chi connectivity index (χ0v) is 17.0. The van der Waals surface area contributed by atoms with Gasteiger partial charge in [0.1, 0.15) is 12.4 Å². The monoisotopic (exact) mass is 423 g/mol. The van der Waals surface area contributed by atoms with Crippen LogP contribution in [0.2, 0.25) is 0 Å². The van der Waals surface area contributed by atoms with Crippen molar-refractivity contribution >= 4 is 34.9 Å². The van der Waals surface area contributed by atoms with E-state index in [-0.39, 0.29) is 18.3 Å². The quantitative estimate of drug-likeness (QED) is 0.322. The Morgan fingerprint density at radius 3 is 2.70 bits per heavy atom. The van der Waals surface area contributed by atoms with Gasteiger partial charge < -0.3 is 25.8 Å². The predicted octanol–water partition coefficient (Wildman–Crippen LogP) is 2.92. The molecule has 0 bridgehead atoms. The molecule has 3 rings (SSSR count). The molecule has 0 aliphatic carbocycles. The Kier molecular flexibility index (Phi) is 6.82. The number of aromatic hydroxyl groups is 1. The van der Waals surface area contributed by atoms with E-state index in [0.717, 1.165) is 0 Å². The number of phenolic OH excluding ortho intramolecular Hbond substituents is 1. The van der Waals surface area contributed by atoms with Crippen LogP contribution in [0.25, 0.3) is 0 Å². The zero-order chi connectivity index (χ0) is 21.5. The average molecular weight is 423 g/mol. The van der Waals surface area contributed by atoms with Crippen LogP contribution in [0.1, 0.15) is 18.5 Å².